The van der Waals surface area contributed by atoms with E-state index in [1.807, 2.05) is 0 Å². The first-order valence-corrected chi connectivity index (χ1v) is 7.79. The summed E-state index contributed by atoms with van der Waals surface area (Å²) in [5.41, 5.74) is 0.381. The third-order valence-corrected chi connectivity index (χ3v) is 4.49. The van der Waals surface area contributed by atoms with E-state index in [0.717, 1.165) is 0 Å². The number of nitrogens with zero attached hydrogens (tertiary/aromatic N) is 1. The fraction of sp³-hybridized carbons (Fsp3) is 0.500. The second kappa shape index (κ2) is 6.73. The van der Waals surface area contributed by atoms with Gasteiger partial charge >= 0.3 is 0 Å². The van der Waals surface area contributed by atoms with Crippen LogP contribution >= 0.6 is 15.9 Å². The lowest BCUT2D eigenvalue weighted by atomic mass is 10.1. The van der Waals surface area contributed by atoms with Crippen LogP contribution in [0, 0.1) is 15.9 Å². The summed E-state index contributed by atoms with van der Waals surface area (Å²) in [6, 6.07) is 3.21. The molecule has 0 amide bonds. The standard InChI is InChI=1S/C12H16BrFN2O3S/c1-12(2,3)20(19)15-11(7-16(17)18)8-4-9(13)6-10(14)5-8/h4-6,11,15H,7H2,1-3H3/t11?,20-/m0/s1. The molecule has 0 saturated heterocycles. The van der Waals surface area contributed by atoms with E-state index in [1.54, 1.807) is 26.8 Å². The van der Waals surface area contributed by atoms with Crippen LogP contribution in [-0.2, 0) is 11.0 Å². The van der Waals surface area contributed by atoms with Gasteiger partial charge in [0.1, 0.15) is 11.9 Å². The minimum absolute atomic E-state index is 0.381. The van der Waals surface area contributed by atoms with E-state index >= 15 is 0 Å². The highest BCUT2D eigenvalue weighted by molar-refractivity contribution is 9.10. The Kier molecular flexibility index (Phi) is 5.79. The minimum atomic E-state index is -1.49. The van der Waals surface area contributed by atoms with E-state index in [2.05, 4.69) is 20.7 Å². The molecule has 0 bridgehead atoms. The van der Waals surface area contributed by atoms with Gasteiger partial charge in [0.05, 0.1) is 15.7 Å². The Morgan fingerprint density at radius 2 is 2.05 bits per heavy atom. The van der Waals surface area contributed by atoms with Crippen molar-refractivity contribution in [2.24, 2.45) is 0 Å². The van der Waals surface area contributed by atoms with Crippen LogP contribution in [0.3, 0.4) is 0 Å². The smallest absolute Gasteiger partial charge is 0.224 e. The van der Waals surface area contributed by atoms with Crippen molar-refractivity contribution >= 4 is 26.9 Å². The first-order valence-electron chi connectivity index (χ1n) is 5.85. The Morgan fingerprint density at radius 1 is 1.45 bits per heavy atom. The molecule has 0 fully saturated rings. The van der Waals surface area contributed by atoms with Crippen molar-refractivity contribution in [2.45, 2.75) is 31.6 Å². The van der Waals surface area contributed by atoms with Crippen molar-refractivity contribution < 1.29 is 13.5 Å². The second-order valence-electron chi connectivity index (χ2n) is 5.27. The van der Waals surface area contributed by atoms with Crippen molar-refractivity contribution in [3.8, 4) is 0 Å². The van der Waals surface area contributed by atoms with Crippen molar-refractivity contribution in [2.75, 3.05) is 6.54 Å². The topological polar surface area (TPSA) is 72.2 Å². The van der Waals surface area contributed by atoms with Crippen LogP contribution < -0.4 is 4.72 Å². The SMILES string of the molecule is CC(C)(C)[S@](=O)NC(C[N+](=O)[O-])c1cc(F)cc(Br)c1. The van der Waals surface area contributed by atoms with Gasteiger partial charge in [0.15, 0.2) is 0 Å². The maximum Gasteiger partial charge on any atom is 0.224 e. The van der Waals surface area contributed by atoms with E-state index in [9.17, 15) is 18.7 Å². The van der Waals surface area contributed by atoms with Gasteiger partial charge in [-0.05, 0) is 44.5 Å². The lowest BCUT2D eigenvalue weighted by molar-refractivity contribution is -0.483. The second-order valence-corrected chi connectivity index (χ2v) is 8.18. The maximum atomic E-state index is 13.4. The predicted octanol–water partition coefficient (Wildman–Crippen LogP) is 2.96. The highest BCUT2D eigenvalue weighted by Gasteiger charge is 2.26. The highest BCUT2D eigenvalue weighted by Crippen LogP contribution is 2.22. The van der Waals surface area contributed by atoms with Crippen LogP contribution in [0.5, 0.6) is 0 Å². The molecule has 0 aliphatic heterocycles. The Balaban J connectivity index is 3.06. The fourth-order valence-electron chi connectivity index (χ4n) is 1.44. The van der Waals surface area contributed by atoms with Gasteiger partial charge in [0.25, 0.3) is 0 Å². The summed E-state index contributed by atoms with van der Waals surface area (Å²) in [6.07, 6.45) is 0. The van der Waals surface area contributed by atoms with E-state index in [1.165, 1.54) is 12.1 Å². The summed E-state index contributed by atoms with van der Waals surface area (Å²) in [5.74, 6) is -0.508. The van der Waals surface area contributed by atoms with Crippen molar-refractivity contribution in [3.05, 3.63) is 44.2 Å². The van der Waals surface area contributed by atoms with Gasteiger partial charge in [-0.25, -0.2) is 13.3 Å². The minimum Gasteiger partial charge on any atom is -0.264 e. The molecule has 8 heteroatoms. The lowest BCUT2D eigenvalue weighted by Gasteiger charge is -2.22. The molecule has 2 atom stereocenters. The number of rotatable bonds is 5. The molecule has 5 nitrogen and oxygen atoms in total. The quantitative estimate of drug-likeness (QED) is 0.643. The molecule has 0 aromatic heterocycles. The average Bonchev–Trinajstić information content (AvgIpc) is 2.24. The third-order valence-electron chi connectivity index (χ3n) is 2.42. The molecule has 112 valence electrons. The zero-order valence-corrected chi connectivity index (χ0v) is 13.8. The van der Waals surface area contributed by atoms with Gasteiger partial charge in [-0.3, -0.25) is 10.1 Å². The molecule has 1 aromatic rings. The molecular formula is C12H16BrFN2O3S. The number of nitrogens with one attached hydrogen (secondary N) is 1. The zero-order valence-electron chi connectivity index (χ0n) is 11.4. The highest BCUT2D eigenvalue weighted by atomic mass is 79.9. The van der Waals surface area contributed by atoms with E-state index < -0.39 is 39.1 Å². The summed E-state index contributed by atoms with van der Waals surface area (Å²) in [6.45, 7) is 4.78. The Morgan fingerprint density at radius 3 is 2.50 bits per heavy atom. The van der Waals surface area contributed by atoms with Gasteiger partial charge < -0.3 is 0 Å². The number of halogens is 2. The predicted molar refractivity (Wildman–Crippen MR) is 79.7 cm³/mol. The number of nitro groups is 1. The normalized spacial score (nSPS) is 14.8. The van der Waals surface area contributed by atoms with Crippen molar-refractivity contribution in [3.63, 3.8) is 0 Å². The third kappa shape index (κ3) is 5.26. The maximum absolute atomic E-state index is 13.4. The van der Waals surface area contributed by atoms with E-state index in [-0.39, 0.29) is 0 Å². The first kappa shape index (κ1) is 17.2. The summed E-state index contributed by atoms with van der Waals surface area (Å²) in [4.78, 5) is 10.2. The van der Waals surface area contributed by atoms with Crippen LogP contribution in [0.25, 0.3) is 0 Å². The van der Waals surface area contributed by atoms with Crippen molar-refractivity contribution in [1.29, 1.82) is 0 Å². The molecular weight excluding hydrogens is 351 g/mol. The number of hydrogen-bond acceptors (Lipinski definition) is 3. The van der Waals surface area contributed by atoms with Crippen LogP contribution in [0.2, 0.25) is 0 Å². The first-order chi connectivity index (χ1) is 9.09. The molecule has 0 saturated carbocycles. The van der Waals surface area contributed by atoms with Gasteiger partial charge in [-0.15, -0.1) is 0 Å². The molecule has 0 radical (unpaired) electrons. The molecule has 0 aliphatic carbocycles. The molecule has 1 unspecified atom stereocenters. The van der Waals surface area contributed by atoms with Crippen LogP contribution in [-0.4, -0.2) is 20.4 Å². The van der Waals surface area contributed by atoms with Gasteiger partial charge in [0, 0.05) is 9.40 Å². The molecule has 0 spiro atoms. The number of benzene rings is 1. The Labute approximate surface area is 127 Å². The fourth-order valence-corrected chi connectivity index (χ4v) is 2.75. The van der Waals surface area contributed by atoms with Crippen LogP contribution in [0.4, 0.5) is 4.39 Å². The van der Waals surface area contributed by atoms with Crippen molar-refractivity contribution in [1.82, 2.24) is 4.72 Å². The molecule has 0 heterocycles. The Hall–Kier alpha value is -0.860. The molecule has 1 N–H and O–H groups in total. The van der Waals surface area contributed by atoms with Crippen LogP contribution in [0.1, 0.15) is 32.4 Å². The Bertz CT molecular complexity index is 514. The van der Waals surface area contributed by atoms with E-state index in [4.69, 9.17) is 0 Å². The van der Waals surface area contributed by atoms with Gasteiger partial charge in [-0.1, -0.05) is 15.9 Å². The molecule has 0 aliphatic rings. The molecule has 1 aromatic carbocycles. The largest absolute Gasteiger partial charge is 0.264 e. The zero-order chi connectivity index (χ0) is 15.5. The number of hydrogen-bond donors (Lipinski definition) is 1. The van der Waals surface area contributed by atoms with Crippen LogP contribution in [0.15, 0.2) is 22.7 Å². The summed E-state index contributed by atoms with van der Waals surface area (Å²) < 4.78 is 28.1. The summed E-state index contributed by atoms with van der Waals surface area (Å²) in [5, 5.41) is 10.7. The lowest BCUT2D eigenvalue weighted by Crippen LogP contribution is -2.38. The summed E-state index contributed by atoms with van der Waals surface area (Å²) >= 11 is 3.14. The molecule has 20 heavy (non-hydrogen) atoms. The van der Waals surface area contributed by atoms with Gasteiger partial charge in [0.2, 0.25) is 6.54 Å². The summed E-state index contributed by atoms with van der Waals surface area (Å²) in [7, 11) is -1.49. The van der Waals surface area contributed by atoms with E-state index in [0.29, 0.717) is 10.0 Å². The monoisotopic (exact) mass is 366 g/mol. The van der Waals surface area contributed by atoms with Gasteiger partial charge in [-0.2, -0.15) is 0 Å². The molecule has 1 rings (SSSR count). The average molecular weight is 367 g/mol.